The van der Waals surface area contributed by atoms with Crippen molar-refractivity contribution < 1.29 is 9.26 Å². The third-order valence-corrected chi connectivity index (χ3v) is 4.06. The van der Waals surface area contributed by atoms with Gasteiger partial charge in [-0.3, -0.25) is 4.90 Å². The van der Waals surface area contributed by atoms with Gasteiger partial charge in [0.15, 0.2) is 5.82 Å². The molecule has 112 valence electrons. The Hall–Kier alpha value is -1.88. The molecule has 2 aromatic rings. The van der Waals surface area contributed by atoms with Crippen LogP contribution in [0.1, 0.15) is 49.0 Å². The molecule has 0 N–H and O–H groups in total. The molecule has 0 spiro atoms. The van der Waals surface area contributed by atoms with Gasteiger partial charge in [-0.05, 0) is 32.9 Å². The summed E-state index contributed by atoms with van der Waals surface area (Å²) in [5, 5.41) is 4.06. The molecule has 21 heavy (non-hydrogen) atoms. The van der Waals surface area contributed by atoms with Crippen molar-refractivity contribution in [3.63, 3.8) is 0 Å². The van der Waals surface area contributed by atoms with Gasteiger partial charge in [-0.15, -0.1) is 0 Å². The fraction of sp³-hybridized carbons (Fsp3) is 0.500. The summed E-state index contributed by atoms with van der Waals surface area (Å²) >= 11 is 0. The first-order valence-corrected chi connectivity index (χ1v) is 7.34. The molecule has 0 saturated heterocycles. The van der Waals surface area contributed by atoms with Crippen LogP contribution in [0.25, 0.3) is 0 Å². The van der Waals surface area contributed by atoms with Crippen molar-refractivity contribution in [2.24, 2.45) is 0 Å². The van der Waals surface area contributed by atoms with E-state index in [1.54, 1.807) is 7.11 Å². The van der Waals surface area contributed by atoms with Crippen LogP contribution >= 0.6 is 0 Å². The van der Waals surface area contributed by atoms with E-state index in [4.69, 9.17) is 9.26 Å². The van der Waals surface area contributed by atoms with E-state index >= 15 is 0 Å². The van der Waals surface area contributed by atoms with Crippen molar-refractivity contribution in [1.29, 1.82) is 0 Å². The highest BCUT2D eigenvalue weighted by Crippen LogP contribution is 2.38. The smallest absolute Gasteiger partial charge is 0.240 e. The quantitative estimate of drug-likeness (QED) is 0.817. The average molecular weight is 287 g/mol. The van der Waals surface area contributed by atoms with Crippen LogP contribution in [-0.4, -0.2) is 29.2 Å². The Kier molecular flexibility index (Phi) is 3.92. The van der Waals surface area contributed by atoms with Gasteiger partial charge in [0.1, 0.15) is 5.75 Å². The molecule has 5 nitrogen and oxygen atoms in total. The average Bonchev–Trinajstić information content (AvgIpc) is 3.26. The van der Waals surface area contributed by atoms with Crippen molar-refractivity contribution in [2.75, 3.05) is 14.2 Å². The molecule has 0 amide bonds. The summed E-state index contributed by atoms with van der Waals surface area (Å²) in [4.78, 5) is 6.66. The van der Waals surface area contributed by atoms with Crippen LogP contribution < -0.4 is 4.74 Å². The van der Waals surface area contributed by atoms with Crippen LogP contribution in [0.2, 0.25) is 0 Å². The summed E-state index contributed by atoms with van der Waals surface area (Å²) in [5.41, 5.74) is 1.16. The monoisotopic (exact) mass is 287 g/mol. The molecule has 3 rings (SSSR count). The van der Waals surface area contributed by atoms with Crippen LogP contribution in [-0.2, 0) is 6.54 Å². The maximum atomic E-state index is 5.43. The molecule has 1 atom stereocenters. The molecule has 5 heteroatoms. The molecule has 1 fully saturated rings. The second-order valence-corrected chi connectivity index (χ2v) is 5.65. The zero-order chi connectivity index (χ0) is 14.8. The molecular weight excluding hydrogens is 266 g/mol. The molecule has 1 aliphatic carbocycles. The van der Waals surface area contributed by atoms with Crippen LogP contribution in [0, 0.1) is 0 Å². The number of ether oxygens (including phenoxy) is 1. The van der Waals surface area contributed by atoms with Gasteiger partial charge in [-0.25, -0.2) is 0 Å². The largest absolute Gasteiger partial charge is 0.496 e. The fourth-order valence-corrected chi connectivity index (χ4v) is 2.44. The molecule has 1 saturated carbocycles. The van der Waals surface area contributed by atoms with E-state index < -0.39 is 0 Å². The highest BCUT2D eigenvalue weighted by molar-refractivity contribution is 5.35. The normalized spacial score (nSPS) is 16.2. The number of hydrogen-bond donors (Lipinski definition) is 0. The zero-order valence-corrected chi connectivity index (χ0v) is 12.7. The highest BCUT2D eigenvalue weighted by Gasteiger charge is 2.29. The van der Waals surface area contributed by atoms with Gasteiger partial charge in [0.25, 0.3) is 0 Å². The SMILES string of the molecule is COc1ccccc1[C@H](C)N(C)Cc1nc(C2CC2)no1. The minimum atomic E-state index is 0.206. The Morgan fingerprint density at radius 1 is 1.38 bits per heavy atom. The van der Waals surface area contributed by atoms with Gasteiger partial charge in [-0.1, -0.05) is 23.4 Å². The van der Waals surface area contributed by atoms with Gasteiger partial charge < -0.3 is 9.26 Å². The third kappa shape index (κ3) is 3.08. The van der Waals surface area contributed by atoms with Crippen molar-refractivity contribution in [3.05, 3.63) is 41.5 Å². The van der Waals surface area contributed by atoms with E-state index in [1.165, 1.54) is 12.8 Å². The number of aromatic nitrogens is 2. The van der Waals surface area contributed by atoms with E-state index in [2.05, 4.69) is 35.1 Å². The van der Waals surface area contributed by atoms with Crippen molar-refractivity contribution >= 4 is 0 Å². The van der Waals surface area contributed by atoms with E-state index in [9.17, 15) is 0 Å². The van der Waals surface area contributed by atoms with Crippen LogP contribution in [0.3, 0.4) is 0 Å². The van der Waals surface area contributed by atoms with Crippen molar-refractivity contribution in [1.82, 2.24) is 15.0 Å². The topological polar surface area (TPSA) is 51.4 Å². The first kappa shape index (κ1) is 14.1. The van der Waals surface area contributed by atoms with Gasteiger partial charge in [0.2, 0.25) is 5.89 Å². The Morgan fingerprint density at radius 2 is 2.14 bits per heavy atom. The zero-order valence-electron chi connectivity index (χ0n) is 12.7. The van der Waals surface area contributed by atoms with E-state index in [1.807, 2.05) is 18.2 Å². The lowest BCUT2D eigenvalue weighted by atomic mass is 10.1. The molecular formula is C16H21N3O2. The first-order valence-electron chi connectivity index (χ1n) is 7.34. The van der Waals surface area contributed by atoms with Crippen molar-refractivity contribution in [3.8, 4) is 5.75 Å². The number of hydrogen-bond acceptors (Lipinski definition) is 5. The Bertz CT molecular complexity index is 607. The molecule has 0 aliphatic heterocycles. The molecule has 0 unspecified atom stereocenters. The lowest BCUT2D eigenvalue weighted by molar-refractivity contribution is 0.212. The summed E-state index contributed by atoms with van der Waals surface area (Å²) in [7, 11) is 3.75. The van der Waals surface area contributed by atoms with E-state index in [0.29, 0.717) is 18.4 Å². The number of nitrogens with zero attached hydrogens (tertiary/aromatic N) is 3. The van der Waals surface area contributed by atoms with Gasteiger partial charge in [0, 0.05) is 17.5 Å². The summed E-state index contributed by atoms with van der Waals surface area (Å²) in [5.74, 6) is 2.98. The van der Waals surface area contributed by atoms with E-state index in [-0.39, 0.29) is 6.04 Å². The molecule has 1 heterocycles. The predicted octanol–water partition coefficient (Wildman–Crippen LogP) is 3.15. The third-order valence-electron chi connectivity index (χ3n) is 4.06. The summed E-state index contributed by atoms with van der Waals surface area (Å²) < 4.78 is 10.8. The molecule has 0 bridgehead atoms. The molecule has 0 radical (unpaired) electrons. The Labute approximate surface area is 124 Å². The predicted molar refractivity (Wildman–Crippen MR) is 79.1 cm³/mol. The second kappa shape index (κ2) is 5.85. The fourth-order valence-electron chi connectivity index (χ4n) is 2.44. The van der Waals surface area contributed by atoms with Gasteiger partial charge in [-0.2, -0.15) is 4.98 Å². The van der Waals surface area contributed by atoms with Crippen LogP contribution in [0.15, 0.2) is 28.8 Å². The second-order valence-electron chi connectivity index (χ2n) is 5.65. The number of para-hydroxylation sites is 1. The molecule has 1 aromatic carbocycles. The summed E-state index contributed by atoms with van der Waals surface area (Å²) in [6.07, 6.45) is 2.37. The van der Waals surface area contributed by atoms with Gasteiger partial charge >= 0.3 is 0 Å². The highest BCUT2D eigenvalue weighted by atomic mass is 16.5. The van der Waals surface area contributed by atoms with Crippen LogP contribution in [0.4, 0.5) is 0 Å². The maximum Gasteiger partial charge on any atom is 0.240 e. The Balaban J connectivity index is 1.69. The van der Waals surface area contributed by atoms with E-state index in [0.717, 1.165) is 17.1 Å². The summed E-state index contributed by atoms with van der Waals surface area (Å²) in [6.45, 7) is 2.79. The van der Waals surface area contributed by atoms with Crippen molar-refractivity contribution in [2.45, 2.75) is 38.3 Å². The summed E-state index contributed by atoms with van der Waals surface area (Å²) in [6, 6.07) is 8.29. The number of rotatable bonds is 6. The van der Waals surface area contributed by atoms with Crippen LogP contribution in [0.5, 0.6) is 5.75 Å². The minimum Gasteiger partial charge on any atom is -0.496 e. The minimum absolute atomic E-state index is 0.206. The molecule has 1 aliphatic rings. The lowest BCUT2D eigenvalue weighted by Gasteiger charge is -2.24. The lowest BCUT2D eigenvalue weighted by Crippen LogP contribution is -2.22. The first-order chi connectivity index (χ1) is 10.2. The van der Waals surface area contributed by atoms with Gasteiger partial charge in [0.05, 0.1) is 13.7 Å². The Morgan fingerprint density at radius 3 is 2.86 bits per heavy atom. The standard InChI is InChI=1S/C16H21N3O2/c1-11(13-6-4-5-7-14(13)20-3)19(2)10-15-17-16(18-21-15)12-8-9-12/h4-7,11-12H,8-10H2,1-3H3/t11-/m0/s1. The number of methoxy groups -OCH3 is 1. The molecule has 1 aromatic heterocycles. The number of benzene rings is 1. The maximum absolute atomic E-state index is 5.43.